The van der Waals surface area contributed by atoms with Gasteiger partial charge in [0.1, 0.15) is 12.4 Å². The quantitative estimate of drug-likeness (QED) is 0.356. The molecule has 0 spiro atoms. The summed E-state index contributed by atoms with van der Waals surface area (Å²) in [5, 5.41) is 14.3. The Kier molecular flexibility index (Phi) is 9.61. The fraction of sp³-hybridized carbons (Fsp3) is 0.871. The van der Waals surface area contributed by atoms with Gasteiger partial charge in [0, 0.05) is 56.2 Å². The SMILES string of the molecule is C=CC(=O)N1CCN(C2NC(=O)N3C4NC(C(F)CC42)C2CCCNC2OCCCOC2CCNC(C(C)C)C23)[C@@H](C)C1. The Labute approximate surface area is 255 Å². The van der Waals surface area contributed by atoms with Crippen LogP contribution in [0.5, 0.6) is 0 Å². The Morgan fingerprint density at radius 3 is 2.65 bits per heavy atom. The minimum atomic E-state index is -1.09. The normalized spacial score (nSPS) is 42.9. The van der Waals surface area contributed by atoms with Crippen molar-refractivity contribution < 1.29 is 23.5 Å². The second-order valence-corrected chi connectivity index (χ2v) is 13.7. The Morgan fingerprint density at radius 2 is 1.88 bits per heavy atom. The molecule has 11 atom stereocenters. The molecule has 242 valence electrons. The molecule has 0 aromatic heterocycles. The number of nitrogens with zero attached hydrogens (tertiary/aromatic N) is 3. The molecule has 0 saturated carbocycles. The molecule has 6 heterocycles. The van der Waals surface area contributed by atoms with Gasteiger partial charge in [-0.1, -0.05) is 20.4 Å². The van der Waals surface area contributed by atoms with Crippen molar-refractivity contribution >= 4 is 11.9 Å². The van der Waals surface area contributed by atoms with Crippen LogP contribution in [0.15, 0.2) is 12.7 Å². The lowest BCUT2D eigenvalue weighted by Crippen LogP contribution is -2.80. The van der Waals surface area contributed by atoms with Gasteiger partial charge in [-0.3, -0.25) is 20.3 Å². The van der Waals surface area contributed by atoms with Gasteiger partial charge in [0.25, 0.3) is 0 Å². The predicted molar refractivity (Wildman–Crippen MR) is 161 cm³/mol. The number of hydrogen-bond acceptors (Lipinski definition) is 8. The molecular formula is C31H52FN7O4. The highest BCUT2D eigenvalue weighted by Gasteiger charge is 2.57. The van der Waals surface area contributed by atoms with E-state index in [1.165, 1.54) is 6.08 Å². The van der Waals surface area contributed by atoms with Crippen molar-refractivity contribution in [3.63, 3.8) is 0 Å². The van der Waals surface area contributed by atoms with Crippen molar-refractivity contribution in [1.29, 1.82) is 0 Å². The molecule has 6 aliphatic heterocycles. The van der Waals surface area contributed by atoms with Crippen molar-refractivity contribution in [1.82, 2.24) is 36.0 Å². The number of piperazine rings is 1. The molecule has 6 aliphatic rings. The second-order valence-electron chi connectivity index (χ2n) is 13.7. The molecule has 3 amide bonds. The first-order valence-electron chi connectivity index (χ1n) is 16.6. The van der Waals surface area contributed by atoms with E-state index in [9.17, 15) is 9.59 Å². The van der Waals surface area contributed by atoms with Crippen LogP contribution in [0.1, 0.15) is 52.9 Å². The van der Waals surface area contributed by atoms with Gasteiger partial charge in [-0.15, -0.1) is 0 Å². The van der Waals surface area contributed by atoms with Crippen molar-refractivity contribution in [2.75, 3.05) is 45.9 Å². The molecule has 4 N–H and O–H groups in total. The number of fused-ring (bicyclic) bond motifs is 5. The maximum Gasteiger partial charge on any atom is 0.320 e. The van der Waals surface area contributed by atoms with Crippen LogP contribution in [-0.2, 0) is 14.3 Å². The fourth-order valence-electron chi connectivity index (χ4n) is 8.76. The molecule has 11 nitrogen and oxygen atoms in total. The van der Waals surface area contributed by atoms with Gasteiger partial charge < -0.3 is 29.9 Å². The summed E-state index contributed by atoms with van der Waals surface area (Å²) in [5.74, 6) is -0.0372. The molecule has 0 radical (unpaired) electrons. The summed E-state index contributed by atoms with van der Waals surface area (Å²) in [6.07, 6.45) is 2.93. The number of rotatable bonds is 3. The van der Waals surface area contributed by atoms with Gasteiger partial charge in [0.2, 0.25) is 5.91 Å². The zero-order chi connectivity index (χ0) is 30.2. The minimum absolute atomic E-state index is 0.00351. The Bertz CT molecular complexity index is 1020. The maximum absolute atomic E-state index is 16.5. The van der Waals surface area contributed by atoms with Crippen LogP contribution in [0.25, 0.3) is 0 Å². The van der Waals surface area contributed by atoms with E-state index in [1.807, 2.05) is 4.90 Å². The highest BCUT2D eigenvalue weighted by molar-refractivity contribution is 5.87. The number of carbonyl (C=O) groups is 2. The lowest BCUT2D eigenvalue weighted by atomic mass is 9.76. The molecule has 12 heteroatoms. The number of carbonyl (C=O) groups excluding carboxylic acids is 2. The maximum atomic E-state index is 16.5. The lowest BCUT2D eigenvalue weighted by molar-refractivity contribution is -0.133. The summed E-state index contributed by atoms with van der Waals surface area (Å²) in [6.45, 7) is 14.6. The highest BCUT2D eigenvalue weighted by Crippen LogP contribution is 2.40. The van der Waals surface area contributed by atoms with Gasteiger partial charge in [-0.05, 0) is 64.1 Å². The van der Waals surface area contributed by atoms with E-state index in [0.717, 1.165) is 38.8 Å². The van der Waals surface area contributed by atoms with Crippen LogP contribution >= 0.6 is 0 Å². The third kappa shape index (κ3) is 6.07. The number of alkyl halides is 1. The fourth-order valence-corrected chi connectivity index (χ4v) is 8.76. The third-order valence-electron chi connectivity index (χ3n) is 10.8. The standard InChI is InChI=1S/C31H52FN7O4/c1-5-24(40)37-12-13-38(19(4)17-37)28-21-16-22(32)26-20-8-6-10-34-30(20)43-15-7-14-42-23-9-11-33-25(18(2)3)27(23)39(29(21)35-26)31(41)36-28/h5,18-23,25-30,33-35H,1,6-17H2,2-4H3,(H,36,41)/t19-,20?,21?,22?,23?,25?,26?,27?,28?,29?,30?/m0/s1. The first-order chi connectivity index (χ1) is 20.8. The van der Waals surface area contributed by atoms with E-state index in [4.69, 9.17) is 9.47 Å². The molecule has 6 saturated heterocycles. The van der Waals surface area contributed by atoms with Crippen LogP contribution in [-0.4, -0.2) is 128 Å². The second kappa shape index (κ2) is 13.3. The molecule has 43 heavy (non-hydrogen) atoms. The molecule has 2 bridgehead atoms. The van der Waals surface area contributed by atoms with Crippen molar-refractivity contribution in [2.24, 2.45) is 17.8 Å². The number of halogens is 1. The van der Waals surface area contributed by atoms with E-state index < -0.39 is 12.2 Å². The number of piperidine rings is 3. The summed E-state index contributed by atoms with van der Waals surface area (Å²) in [5.41, 5.74) is 0. The molecule has 0 aromatic rings. The summed E-state index contributed by atoms with van der Waals surface area (Å²) >= 11 is 0. The van der Waals surface area contributed by atoms with Crippen molar-refractivity contribution in [2.45, 2.75) is 108 Å². The predicted octanol–water partition coefficient (Wildman–Crippen LogP) is 1.22. The third-order valence-corrected chi connectivity index (χ3v) is 10.8. The van der Waals surface area contributed by atoms with Gasteiger partial charge in [0.15, 0.2) is 0 Å². The number of nitrogens with one attached hydrogen (secondary N) is 4. The van der Waals surface area contributed by atoms with Gasteiger partial charge in [0.05, 0.1) is 31.1 Å². The van der Waals surface area contributed by atoms with E-state index in [-0.39, 0.29) is 72.5 Å². The Balaban J connectivity index is 1.36. The molecule has 10 unspecified atom stereocenters. The smallest absolute Gasteiger partial charge is 0.320 e. The lowest BCUT2D eigenvalue weighted by Gasteiger charge is -2.59. The minimum Gasteiger partial charge on any atom is -0.376 e. The summed E-state index contributed by atoms with van der Waals surface area (Å²) in [7, 11) is 0. The molecular weight excluding hydrogens is 553 g/mol. The number of amides is 3. The summed E-state index contributed by atoms with van der Waals surface area (Å²) in [6, 6.07) is -0.724. The summed E-state index contributed by atoms with van der Waals surface area (Å²) < 4.78 is 29.4. The van der Waals surface area contributed by atoms with E-state index in [1.54, 1.807) is 4.90 Å². The molecule has 0 aromatic carbocycles. The van der Waals surface area contributed by atoms with E-state index >= 15 is 4.39 Å². The van der Waals surface area contributed by atoms with Crippen molar-refractivity contribution in [3.05, 3.63) is 12.7 Å². The number of ether oxygens (including phenoxy) is 2. The van der Waals surface area contributed by atoms with Crippen LogP contribution < -0.4 is 21.3 Å². The number of hydrogen-bond donors (Lipinski definition) is 4. The van der Waals surface area contributed by atoms with E-state index in [2.05, 4.69) is 53.5 Å². The van der Waals surface area contributed by atoms with Gasteiger partial charge in [-0.2, -0.15) is 0 Å². The first kappa shape index (κ1) is 31.2. The Morgan fingerprint density at radius 1 is 1.07 bits per heavy atom. The average molecular weight is 606 g/mol. The van der Waals surface area contributed by atoms with E-state index in [0.29, 0.717) is 39.3 Å². The van der Waals surface area contributed by atoms with Gasteiger partial charge in [-0.25, -0.2) is 9.18 Å². The van der Waals surface area contributed by atoms with Gasteiger partial charge >= 0.3 is 6.03 Å². The van der Waals surface area contributed by atoms with Crippen LogP contribution in [0.2, 0.25) is 0 Å². The van der Waals surface area contributed by atoms with Crippen molar-refractivity contribution in [3.8, 4) is 0 Å². The topological polar surface area (TPSA) is 110 Å². The van der Waals surface area contributed by atoms with Crippen LogP contribution in [0.3, 0.4) is 0 Å². The molecule has 6 rings (SSSR count). The number of urea groups is 1. The first-order valence-corrected chi connectivity index (χ1v) is 16.6. The average Bonchev–Trinajstić information content (AvgIpc) is 3.01. The zero-order valence-corrected chi connectivity index (χ0v) is 26.1. The Hall–Kier alpha value is -1.83. The highest BCUT2D eigenvalue weighted by atomic mass is 19.1. The van der Waals surface area contributed by atoms with Crippen LogP contribution in [0, 0.1) is 17.8 Å². The zero-order valence-electron chi connectivity index (χ0n) is 26.1. The summed E-state index contributed by atoms with van der Waals surface area (Å²) in [4.78, 5) is 32.8. The molecule has 6 fully saturated rings. The molecule has 0 aliphatic carbocycles. The monoisotopic (exact) mass is 605 g/mol. The van der Waals surface area contributed by atoms with Crippen LogP contribution in [0.4, 0.5) is 9.18 Å². The largest absolute Gasteiger partial charge is 0.376 e.